The van der Waals surface area contributed by atoms with E-state index in [-0.39, 0.29) is 12.6 Å². The number of esters is 1. The molecule has 102 valence electrons. The van der Waals surface area contributed by atoms with Crippen molar-refractivity contribution in [3.8, 4) is 0 Å². The molecule has 1 aromatic heterocycles. The van der Waals surface area contributed by atoms with Crippen molar-refractivity contribution in [2.75, 3.05) is 19.8 Å². The quantitative estimate of drug-likeness (QED) is 0.592. The molecule has 0 atom stereocenters. The molecule has 0 fully saturated rings. The highest BCUT2D eigenvalue weighted by Crippen LogP contribution is 2.19. The average molecular weight is 261 g/mol. The Morgan fingerprint density at radius 1 is 1.32 bits per heavy atom. The predicted molar refractivity (Wildman–Crippen MR) is 74.1 cm³/mol. The van der Waals surface area contributed by atoms with Crippen molar-refractivity contribution in [2.45, 2.75) is 20.4 Å². The number of nitrogens with zero attached hydrogens (tertiary/aromatic N) is 1. The fourth-order valence-electron chi connectivity index (χ4n) is 2.09. The van der Waals surface area contributed by atoms with E-state index in [4.69, 9.17) is 9.47 Å². The molecular weight excluding hydrogens is 242 g/mol. The number of hydrogen-bond acceptors (Lipinski definition) is 3. The van der Waals surface area contributed by atoms with Gasteiger partial charge < -0.3 is 14.0 Å². The molecule has 0 bridgehead atoms. The number of rotatable bonds is 6. The molecule has 0 aliphatic heterocycles. The van der Waals surface area contributed by atoms with Gasteiger partial charge in [0.15, 0.2) is 0 Å². The summed E-state index contributed by atoms with van der Waals surface area (Å²) >= 11 is 0. The lowest BCUT2D eigenvalue weighted by Crippen LogP contribution is -2.15. The Kier molecular flexibility index (Phi) is 4.58. The minimum Gasteiger partial charge on any atom is -0.464 e. The number of carbonyl (C=O) groups is 1. The van der Waals surface area contributed by atoms with E-state index in [9.17, 15) is 4.79 Å². The predicted octanol–water partition coefficient (Wildman–Crippen LogP) is 2.53. The van der Waals surface area contributed by atoms with Crippen molar-refractivity contribution in [1.29, 1.82) is 0 Å². The molecule has 2 aromatic rings. The van der Waals surface area contributed by atoms with Crippen molar-refractivity contribution in [3.63, 3.8) is 0 Å². The zero-order valence-electron chi connectivity index (χ0n) is 11.4. The van der Waals surface area contributed by atoms with Crippen LogP contribution in [0.3, 0.4) is 0 Å². The van der Waals surface area contributed by atoms with Crippen molar-refractivity contribution in [2.24, 2.45) is 0 Å². The van der Waals surface area contributed by atoms with Crippen LogP contribution in [0.15, 0.2) is 30.5 Å². The summed E-state index contributed by atoms with van der Waals surface area (Å²) in [5.41, 5.74) is 2.46. The normalized spacial score (nSPS) is 10.8. The minimum absolute atomic E-state index is 0.0199. The third-order valence-electron chi connectivity index (χ3n) is 3.03. The highest BCUT2D eigenvalue weighted by Gasteiger charge is 2.04. The third-order valence-corrected chi connectivity index (χ3v) is 3.03. The van der Waals surface area contributed by atoms with Gasteiger partial charge in [-0.1, -0.05) is 12.1 Å². The zero-order valence-corrected chi connectivity index (χ0v) is 11.4. The summed E-state index contributed by atoms with van der Waals surface area (Å²) in [6.07, 6.45) is 2.05. The van der Waals surface area contributed by atoms with Gasteiger partial charge in [-0.3, -0.25) is 0 Å². The topological polar surface area (TPSA) is 40.5 Å². The first kappa shape index (κ1) is 13.6. The maximum absolute atomic E-state index is 11.1. The maximum Gasteiger partial charge on any atom is 0.332 e. The summed E-state index contributed by atoms with van der Waals surface area (Å²) in [6, 6.07) is 8.35. The van der Waals surface area contributed by atoms with Gasteiger partial charge in [-0.25, -0.2) is 4.79 Å². The molecule has 1 heterocycles. The number of ether oxygens (including phenoxy) is 2. The molecule has 0 unspecified atom stereocenters. The third kappa shape index (κ3) is 3.35. The van der Waals surface area contributed by atoms with Crippen LogP contribution in [0.25, 0.3) is 10.9 Å². The molecule has 1 aromatic carbocycles. The van der Waals surface area contributed by atoms with Gasteiger partial charge in [-0.2, -0.15) is 0 Å². The minimum atomic E-state index is -0.310. The Morgan fingerprint density at radius 3 is 2.95 bits per heavy atom. The van der Waals surface area contributed by atoms with Gasteiger partial charge in [0.2, 0.25) is 0 Å². The van der Waals surface area contributed by atoms with Gasteiger partial charge in [0, 0.05) is 23.6 Å². The van der Waals surface area contributed by atoms with Gasteiger partial charge in [0.25, 0.3) is 0 Å². The number of aryl methyl sites for hydroxylation is 1. The molecule has 4 nitrogen and oxygen atoms in total. The molecule has 0 saturated carbocycles. The van der Waals surface area contributed by atoms with Crippen LogP contribution in [0, 0.1) is 6.92 Å². The van der Waals surface area contributed by atoms with Crippen LogP contribution in [0.5, 0.6) is 0 Å². The first-order valence-electron chi connectivity index (χ1n) is 6.50. The van der Waals surface area contributed by atoms with Crippen LogP contribution < -0.4 is 0 Å². The van der Waals surface area contributed by atoms with Crippen molar-refractivity contribution >= 4 is 16.9 Å². The Morgan fingerprint density at radius 2 is 2.16 bits per heavy atom. The van der Waals surface area contributed by atoms with Crippen molar-refractivity contribution in [3.05, 3.63) is 36.0 Å². The van der Waals surface area contributed by atoms with E-state index in [2.05, 4.69) is 29.7 Å². The summed E-state index contributed by atoms with van der Waals surface area (Å²) < 4.78 is 12.2. The second kappa shape index (κ2) is 6.38. The lowest BCUT2D eigenvalue weighted by Gasteiger charge is -2.07. The molecule has 0 amide bonds. The lowest BCUT2D eigenvalue weighted by atomic mass is 10.1. The Labute approximate surface area is 112 Å². The second-order valence-corrected chi connectivity index (χ2v) is 4.37. The molecule has 0 spiro atoms. The summed E-state index contributed by atoms with van der Waals surface area (Å²) in [4.78, 5) is 11.1. The van der Waals surface area contributed by atoms with Crippen LogP contribution in [0.2, 0.25) is 0 Å². The smallest absolute Gasteiger partial charge is 0.332 e. The standard InChI is InChI=1S/C15H19NO3/c1-3-19-15(17)11-18-10-9-16-8-7-13-12(2)5-4-6-14(13)16/h4-8H,3,9-11H2,1-2H3. The molecule has 0 N–H and O–H groups in total. The Balaban J connectivity index is 1.89. The van der Waals surface area contributed by atoms with Gasteiger partial charge >= 0.3 is 5.97 Å². The number of benzene rings is 1. The van der Waals surface area contributed by atoms with E-state index >= 15 is 0 Å². The molecular formula is C15H19NO3. The molecule has 19 heavy (non-hydrogen) atoms. The van der Waals surface area contributed by atoms with Crippen LogP contribution in [0.1, 0.15) is 12.5 Å². The molecule has 2 rings (SSSR count). The SMILES string of the molecule is CCOC(=O)COCCn1ccc2c(C)cccc21. The molecule has 0 aliphatic carbocycles. The van der Waals surface area contributed by atoms with Gasteiger partial charge in [0.1, 0.15) is 6.61 Å². The highest BCUT2D eigenvalue weighted by atomic mass is 16.6. The number of hydrogen-bond donors (Lipinski definition) is 0. The zero-order chi connectivity index (χ0) is 13.7. The fourth-order valence-corrected chi connectivity index (χ4v) is 2.09. The Hall–Kier alpha value is -1.81. The molecule has 0 aliphatic rings. The average Bonchev–Trinajstić information content (AvgIpc) is 2.80. The largest absolute Gasteiger partial charge is 0.464 e. The van der Waals surface area contributed by atoms with Crippen LogP contribution in [-0.2, 0) is 20.8 Å². The van der Waals surface area contributed by atoms with Gasteiger partial charge in [0.05, 0.1) is 13.2 Å². The lowest BCUT2D eigenvalue weighted by molar-refractivity contribution is -0.148. The highest BCUT2D eigenvalue weighted by molar-refractivity contribution is 5.83. The monoisotopic (exact) mass is 261 g/mol. The van der Waals surface area contributed by atoms with Crippen LogP contribution in [-0.4, -0.2) is 30.4 Å². The van der Waals surface area contributed by atoms with E-state index in [1.54, 1.807) is 6.92 Å². The molecule has 0 saturated heterocycles. The summed E-state index contributed by atoms with van der Waals surface area (Å²) in [5.74, 6) is -0.310. The number of aromatic nitrogens is 1. The van der Waals surface area contributed by atoms with E-state index in [1.807, 2.05) is 12.3 Å². The van der Waals surface area contributed by atoms with Crippen molar-refractivity contribution < 1.29 is 14.3 Å². The van der Waals surface area contributed by atoms with E-state index in [1.165, 1.54) is 16.5 Å². The second-order valence-electron chi connectivity index (χ2n) is 4.37. The fraction of sp³-hybridized carbons (Fsp3) is 0.400. The summed E-state index contributed by atoms with van der Waals surface area (Å²) in [7, 11) is 0. The Bertz CT molecular complexity index is 560. The first-order chi connectivity index (χ1) is 9.22. The van der Waals surface area contributed by atoms with E-state index < -0.39 is 0 Å². The number of fused-ring (bicyclic) bond motifs is 1. The maximum atomic E-state index is 11.1. The van der Waals surface area contributed by atoms with Crippen LogP contribution >= 0.6 is 0 Å². The van der Waals surface area contributed by atoms with Gasteiger partial charge in [-0.15, -0.1) is 0 Å². The molecule has 4 heteroatoms. The van der Waals surface area contributed by atoms with Crippen LogP contribution in [0.4, 0.5) is 0 Å². The summed E-state index contributed by atoms with van der Waals surface area (Å²) in [5, 5.41) is 1.26. The van der Waals surface area contributed by atoms with E-state index in [0.29, 0.717) is 13.2 Å². The summed E-state index contributed by atoms with van der Waals surface area (Å²) in [6.45, 7) is 5.52. The van der Waals surface area contributed by atoms with Gasteiger partial charge in [-0.05, 0) is 31.5 Å². The first-order valence-corrected chi connectivity index (χ1v) is 6.50. The van der Waals surface area contributed by atoms with E-state index in [0.717, 1.165) is 6.54 Å². The number of carbonyl (C=O) groups excluding carboxylic acids is 1. The van der Waals surface area contributed by atoms with Crippen molar-refractivity contribution in [1.82, 2.24) is 4.57 Å². The molecule has 0 radical (unpaired) electrons.